The zero-order chi connectivity index (χ0) is 5.58. The summed E-state index contributed by atoms with van der Waals surface area (Å²) in [5.74, 6) is 2.83. The first-order valence-corrected chi connectivity index (χ1v) is 2.61. The molecule has 3 nitrogen and oxygen atoms in total. The molecule has 1 unspecified atom stereocenters. The Morgan fingerprint density at radius 1 is 1.43 bits per heavy atom. The fourth-order valence-corrected chi connectivity index (χ4v) is 0. The molecule has 44 valence electrons. The fourth-order valence-electron chi connectivity index (χ4n) is 0. The Bertz CT molecular complexity index is 44.2. The van der Waals surface area contributed by atoms with Gasteiger partial charge >= 0.3 is 8.25 Å². The molecule has 0 heterocycles. The third-order valence-corrected chi connectivity index (χ3v) is 0. The van der Waals surface area contributed by atoms with Gasteiger partial charge in [0.2, 0.25) is 0 Å². The Kier molecular flexibility index (Phi) is 35.8. The van der Waals surface area contributed by atoms with Crippen molar-refractivity contribution in [3.05, 3.63) is 0 Å². The van der Waals surface area contributed by atoms with E-state index >= 15 is 0 Å². The highest BCUT2D eigenvalue weighted by Crippen LogP contribution is 1.98. The Morgan fingerprint density at radius 3 is 1.43 bits per heavy atom. The lowest BCUT2D eigenvalue weighted by Crippen LogP contribution is -1.38. The molecule has 0 aliphatic carbocycles. The van der Waals surface area contributed by atoms with Gasteiger partial charge in [0.1, 0.15) is 0 Å². The lowest BCUT2D eigenvalue weighted by molar-refractivity contribution is 0.405. The van der Waals surface area contributed by atoms with Gasteiger partial charge in [0.05, 0.1) is 0 Å². The molecular formula is CH7O3P2S+. The van der Waals surface area contributed by atoms with E-state index in [4.69, 9.17) is 14.4 Å². The molecule has 0 saturated carbocycles. The van der Waals surface area contributed by atoms with Gasteiger partial charge in [0, 0.05) is 4.57 Å². The Morgan fingerprint density at radius 2 is 1.43 bits per heavy atom. The molecule has 0 aliphatic rings. The van der Waals surface area contributed by atoms with Crippen molar-refractivity contribution in [2.45, 2.75) is 0 Å². The first kappa shape index (κ1) is 15.6. The molecule has 2 N–H and O–H groups in total. The van der Waals surface area contributed by atoms with Gasteiger partial charge in [-0.2, -0.15) is 9.90 Å². The third kappa shape index (κ3) is 462. The second-order valence-electron chi connectivity index (χ2n) is 0.253. The minimum absolute atomic E-state index is 0. The van der Waals surface area contributed by atoms with Gasteiger partial charge in [-0.3, -0.25) is 0 Å². The van der Waals surface area contributed by atoms with Crippen molar-refractivity contribution in [2.24, 2.45) is 0 Å². The Hall–Kier alpha value is 0.540. The van der Waals surface area contributed by atoms with Crippen molar-refractivity contribution in [1.29, 1.82) is 0 Å². The van der Waals surface area contributed by atoms with Gasteiger partial charge in [-0.05, 0) is 5.87 Å². The van der Waals surface area contributed by atoms with Crippen molar-refractivity contribution >= 4 is 36.2 Å². The molecular weight excluding hydrogens is 154 g/mol. The van der Waals surface area contributed by atoms with E-state index in [0.29, 0.717) is 0 Å². The van der Waals surface area contributed by atoms with Crippen LogP contribution in [0.2, 0.25) is 0 Å². The summed E-state index contributed by atoms with van der Waals surface area (Å²) in [6.07, 6.45) is 0. The van der Waals surface area contributed by atoms with Crippen LogP contribution in [-0.4, -0.2) is 15.7 Å². The van der Waals surface area contributed by atoms with E-state index in [0.717, 1.165) is 0 Å². The Labute approximate surface area is 51.3 Å². The molecule has 0 bridgehead atoms. The van der Waals surface area contributed by atoms with Gasteiger partial charge < -0.3 is 0 Å². The number of thiocarbonyl (C=S) groups is 1. The summed E-state index contributed by atoms with van der Waals surface area (Å²) in [7, 11) is -2.87. The predicted octanol–water partition coefficient (Wildman–Crippen LogP) is 0.302. The van der Waals surface area contributed by atoms with E-state index < -0.39 is 8.25 Å². The fraction of sp³-hybridized carbons (Fsp3) is 0. The zero-order valence-electron chi connectivity index (χ0n) is 3.57. The van der Waals surface area contributed by atoms with Crippen molar-refractivity contribution in [1.82, 2.24) is 0 Å². The van der Waals surface area contributed by atoms with Crippen LogP contribution in [-0.2, 0) is 4.57 Å². The second-order valence-corrected chi connectivity index (χ2v) is 0.758. The molecule has 0 spiro atoms. The molecule has 7 heavy (non-hydrogen) atoms. The SMILES string of the molecule is C=S.O=[P+](O)O.P. The molecule has 1 atom stereocenters. The molecule has 0 aromatic carbocycles. The van der Waals surface area contributed by atoms with Crippen molar-refractivity contribution in [2.75, 3.05) is 0 Å². The molecule has 0 aromatic heterocycles. The quantitative estimate of drug-likeness (QED) is 0.396. The summed E-state index contributed by atoms with van der Waals surface area (Å²) in [6.45, 7) is 0. The Balaban J connectivity index is -0.0000000480. The molecule has 0 aliphatic heterocycles. The summed E-state index contributed by atoms with van der Waals surface area (Å²) < 4.78 is 8.70. The van der Waals surface area contributed by atoms with Gasteiger partial charge in [-0.15, -0.1) is 9.79 Å². The normalized spacial score (nSPS) is 4.29. The van der Waals surface area contributed by atoms with Crippen LogP contribution >= 0.6 is 30.4 Å². The number of hydrogen-bond donors (Lipinski definition) is 2. The highest BCUT2D eigenvalue weighted by Gasteiger charge is 1.93. The monoisotopic (exact) mass is 161 g/mol. The van der Waals surface area contributed by atoms with Crippen molar-refractivity contribution in [3.8, 4) is 0 Å². The predicted molar refractivity (Wildman–Crippen MR) is 37.9 cm³/mol. The van der Waals surface area contributed by atoms with Crippen LogP contribution in [0, 0.1) is 0 Å². The first-order valence-electron chi connectivity index (χ1n) is 0.871. The highest BCUT2D eigenvalue weighted by molar-refractivity contribution is 7.77. The summed E-state index contributed by atoms with van der Waals surface area (Å²) in [5.41, 5.74) is 0. The number of hydrogen-bond acceptors (Lipinski definition) is 2. The van der Waals surface area contributed by atoms with Crippen LogP contribution in [0.25, 0.3) is 0 Å². The third-order valence-electron chi connectivity index (χ3n) is 0. The van der Waals surface area contributed by atoms with E-state index in [1.807, 2.05) is 0 Å². The van der Waals surface area contributed by atoms with Gasteiger partial charge in [0.15, 0.2) is 0 Å². The molecule has 0 rings (SSSR count). The second kappa shape index (κ2) is 16.0. The lowest BCUT2D eigenvalue weighted by Gasteiger charge is -1.34. The van der Waals surface area contributed by atoms with Crippen LogP contribution in [0.15, 0.2) is 0 Å². The van der Waals surface area contributed by atoms with E-state index in [1.54, 1.807) is 0 Å². The topological polar surface area (TPSA) is 57.5 Å². The van der Waals surface area contributed by atoms with Crippen LogP contribution < -0.4 is 0 Å². The maximum absolute atomic E-state index is 8.70. The molecule has 6 heteroatoms. The van der Waals surface area contributed by atoms with Crippen LogP contribution in [0.3, 0.4) is 0 Å². The lowest BCUT2D eigenvalue weighted by atomic mass is 12.0. The largest absolute Gasteiger partial charge is 0.692 e. The van der Waals surface area contributed by atoms with E-state index in [1.165, 1.54) is 0 Å². The maximum Gasteiger partial charge on any atom is 0.692 e. The van der Waals surface area contributed by atoms with Crippen molar-refractivity contribution in [3.63, 3.8) is 0 Å². The van der Waals surface area contributed by atoms with E-state index in [2.05, 4.69) is 18.1 Å². The highest BCUT2D eigenvalue weighted by atomic mass is 32.1. The summed E-state index contributed by atoms with van der Waals surface area (Å²) >= 11 is 3.83. The summed E-state index contributed by atoms with van der Waals surface area (Å²) in [5, 5.41) is 0. The van der Waals surface area contributed by atoms with Crippen LogP contribution in [0.4, 0.5) is 0 Å². The van der Waals surface area contributed by atoms with Crippen molar-refractivity contribution < 1.29 is 14.4 Å². The number of rotatable bonds is 0. The smallest absolute Gasteiger partial charge is 0.153 e. The van der Waals surface area contributed by atoms with Gasteiger partial charge in [-0.1, -0.05) is 12.2 Å². The van der Waals surface area contributed by atoms with E-state index in [9.17, 15) is 0 Å². The molecule has 0 fully saturated rings. The minimum Gasteiger partial charge on any atom is -0.153 e. The average molecular weight is 161 g/mol. The average Bonchev–Trinajstić information content (AvgIpc) is 1.41. The summed E-state index contributed by atoms with van der Waals surface area (Å²) in [4.78, 5) is 14.2. The molecule has 0 aromatic rings. The first-order chi connectivity index (χ1) is 2.73. The van der Waals surface area contributed by atoms with Crippen LogP contribution in [0.1, 0.15) is 0 Å². The van der Waals surface area contributed by atoms with E-state index in [-0.39, 0.29) is 9.90 Å². The molecule has 0 saturated heterocycles. The maximum atomic E-state index is 8.70. The van der Waals surface area contributed by atoms with Gasteiger partial charge in [-0.25, -0.2) is 0 Å². The minimum atomic E-state index is -2.87. The molecule has 0 radical (unpaired) electrons. The summed E-state index contributed by atoms with van der Waals surface area (Å²) in [6, 6.07) is 0. The molecule has 0 amide bonds. The zero-order valence-corrected chi connectivity index (χ0v) is 6.70. The van der Waals surface area contributed by atoms with Crippen LogP contribution in [0.5, 0.6) is 0 Å². The van der Waals surface area contributed by atoms with Gasteiger partial charge in [0.25, 0.3) is 0 Å². The standard InChI is InChI=1S/CH2S.HO3P.H3P/c1-2;1-4(2)3;/h1H2;(H-,1,2,3);1H3/p+1.